The fourth-order valence-corrected chi connectivity index (χ4v) is 3.44. The second kappa shape index (κ2) is 9.01. The van der Waals surface area contributed by atoms with Crippen LogP contribution in [0.3, 0.4) is 0 Å². The molecule has 1 aliphatic heterocycles. The van der Waals surface area contributed by atoms with E-state index in [1.807, 2.05) is 41.3 Å². The van der Waals surface area contributed by atoms with Crippen molar-refractivity contribution in [2.45, 2.75) is 18.9 Å². The van der Waals surface area contributed by atoms with Gasteiger partial charge in [0, 0.05) is 44.2 Å². The number of piperidine rings is 1. The van der Waals surface area contributed by atoms with E-state index in [4.69, 9.17) is 16.3 Å². The van der Waals surface area contributed by atoms with Gasteiger partial charge in [0.05, 0.1) is 6.04 Å². The van der Waals surface area contributed by atoms with Crippen molar-refractivity contribution in [3.05, 3.63) is 64.9 Å². The Morgan fingerprint density at radius 1 is 1.27 bits per heavy atom. The summed E-state index contributed by atoms with van der Waals surface area (Å²) in [7, 11) is 1.73. The number of rotatable bonds is 5. The van der Waals surface area contributed by atoms with Crippen LogP contribution in [0.1, 0.15) is 30.0 Å². The monoisotopic (exact) mass is 373 g/mol. The average molecular weight is 374 g/mol. The summed E-state index contributed by atoms with van der Waals surface area (Å²) in [5, 5.41) is 3.83. The van der Waals surface area contributed by atoms with Crippen molar-refractivity contribution in [1.29, 1.82) is 0 Å². The number of methoxy groups -OCH3 is 1. The first-order chi connectivity index (χ1) is 12.7. The van der Waals surface area contributed by atoms with Crippen LogP contribution in [0, 0.1) is 5.92 Å². The SMILES string of the molecule is COCC1CCN(C(=O)N[C@H](c2ccc(Cl)cc2)c2cccnc2)CC1. The Balaban J connectivity index is 1.72. The van der Waals surface area contributed by atoms with E-state index in [9.17, 15) is 4.79 Å². The molecule has 138 valence electrons. The minimum absolute atomic E-state index is 0.0512. The van der Waals surface area contributed by atoms with Gasteiger partial charge in [0.25, 0.3) is 0 Å². The first-order valence-corrected chi connectivity index (χ1v) is 9.25. The number of amides is 2. The van der Waals surface area contributed by atoms with E-state index in [-0.39, 0.29) is 12.1 Å². The molecule has 1 N–H and O–H groups in total. The zero-order valence-electron chi connectivity index (χ0n) is 14.9. The molecule has 2 amide bonds. The molecule has 1 fully saturated rings. The lowest BCUT2D eigenvalue weighted by molar-refractivity contribution is 0.106. The van der Waals surface area contributed by atoms with Crippen LogP contribution < -0.4 is 5.32 Å². The molecule has 26 heavy (non-hydrogen) atoms. The van der Waals surface area contributed by atoms with Crippen LogP contribution in [0.15, 0.2) is 48.8 Å². The number of hydrogen-bond donors (Lipinski definition) is 1. The van der Waals surface area contributed by atoms with Crippen LogP contribution in [0.4, 0.5) is 4.79 Å². The molecule has 0 aliphatic carbocycles. The van der Waals surface area contributed by atoms with Gasteiger partial charge in [-0.3, -0.25) is 4.98 Å². The van der Waals surface area contributed by atoms with Gasteiger partial charge in [-0.05, 0) is 48.1 Å². The summed E-state index contributed by atoms with van der Waals surface area (Å²) < 4.78 is 5.23. The van der Waals surface area contributed by atoms with E-state index in [1.54, 1.807) is 19.5 Å². The highest BCUT2D eigenvalue weighted by Gasteiger charge is 2.25. The molecule has 1 aromatic carbocycles. The number of carbonyl (C=O) groups is 1. The van der Waals surface area contributed by atoms with Gasteiger partial charge in [-0.15, -0.1) is 0 Å². The van der Waals surface area contributed by atoms with Gasteiger partial charge in [0.15, 0.2) is 0 Å². The van der Waals surface area contributed by atoms with Crippen LogP contribution in [0.25, 0.3) is 0 Å². The molecule has 2 aromatic rings. The number of likely N-dealkylation sites (tertiary alicyclic amines) is 1. The van der Waals surface area contributed by atoms with Crippen LogP contribution in [0.2, 0.25) is 5.02 Å². The molecule has 1 aliphatic rings. The zero-order chi connectivity index (χ0) is 18.4. The van der Waals surface area contributed by atoms with E-state index in [0.717, 1.165) is 43.7 Å². The number of carbonyl (C=O) groups excluding carboxylic acids is 1. The summed E-state index contributed by atoms with van der Waals surface area (Å²) in [5.74, 6) is 0.537. The Labute approximate surface area is 159 Å². The maximum atomic E-state index is 12.8. The number of hydrogen-bond acceptors (Lipinski definition) is 3. The maximum Gasteiger partial charge on any atom is 0.318 e. The van der Waals surface area contributed by atoms with Gasteiger partial charge < -0.3 is 15.0 Å². The number of aromatic nitrogens is 1. The van der Waals surface area contributed by atoms with E-state index in [1.165, 1.54) is 0 Å². The molecule has 1 aromatic heterocycles. The van der Waals surface area contributed by atoms with Crippen LogP contribution in [-0.2, 0) is 4.74 Å². The van der Waals surface area contributed by atoms with E-state index in [0.29, 0.717) is 10.9 Å². The third-order valence-corrected chi connectivity index (χ3v) is 5.04. The van der Waals surface area contributed by atoms with Crippen LogP contribution in [-0.4, -0.2) is 42.7 Å². The molecule has 0 radical (unpaired) electrons. The minimum atomic E-state index is -0.259. The maximum absolute atomic E-state index is 12.8. The Kier molecular flexibility index (Phi) is 6.47. The summed E-state index contributed by atoms with van der Waals surface area (Å²) in [6, 6.07) is 11.1. The van der Waals surface area contributed by atoms with Crippen molar-refractivity contribution in [3.63, 3.8) is 0 Å². The normalized spacial score (nSPS) is 16.3. The zero-order valence-corrected chi connectivity index (χ0v) is 15.7. The summed E-state index contributed by atoms with van der Waals surface area (Å²) >= 11 is 6.01. The first-order valence-electron chi connectivity index (χ1n) is 8.87. The molecular weight excluding hydrogens is 350 g/mol. The van der Waals surface area contributed by atoms with E-state index >= 15 is 0 Å². The summed E-state index contributed by atoms with van der Waals surface area (Å²) in [4.78, 5) is 18.9. The van der Waals surface area contributed by atoms with Gasteiger partial charge in [-0.25, -0.2) is 4.79 Å². The second-order valence-electron chi connectivity index (χ2n) is 6.61. The number of nitrogens with zero attached hydrogens (tertiary/aromatic N) is 2. The van der Waals surface area contributed by atoms with Gasteiger partial charge in [-0.1, -0.05) is 29.8 Å². The molecular formula is C20H24ClN3O2. The molecule has 0 saturated carbocycles. The lowest BCUT2D eigenvalue weighted by Crippen LogP contribution is -2.46. The van der Waals surface area contributed by atoms with Crippen molar-refractivity contribution in [2.24, 2.45) is 5.92 Å². The predicted molar refractivity (Wildman–Crippen MR) is 102 cm³/mol. The molecule has 2 heterocycles. The topological polar surface area (TPSA) is 54.5 Å². The highest BCUT2D eigenvalue weighted by molar-refractivity contribution is 6.30. The Morgan fingerprint density at radius 2 is 2.00 bits per heavy atom. The van der Waals surface area contributed by atoms with Crippen LogP contribution in [0.5, 0.6) is 0 Å². The Morgan fingerprint density at radius 3 is 2.62 bits per heavy atom. The minimum Gasteiger partial charge on any atom is -0.384 e. The number of nitrogens with one attached hydrogen (secondary N) is 1. The second-order valence-corrected chi connectivity index (χ2v) is 7.04. The quantitative estimate of drug-likeness (QED) is 0.864. The molecule has 0 spiro atoms. The summed E-state index contributed by atoms with van der Waals surface area (Å²) in [6.07, 6.45) is 5.45. The largest absolute Gasteiger partial charge is 0.384 e. The number of ether oxygens (including phenoxy) is 1. The fourth-order valence-electron chi connectivity index (χ4n) is 3.31. The molecule has 1 saturated heterocycles. The molecule has 0 unspecified atom stereocenters. The number of halogens is 1. The highest BCUT2D eigenvalue weighted by atomic mass is 35.5. The lowest BCUT2D eigenvalue weighted by Gasteiger charge is -2.33. The first kappa shape index (κ1) is 18.7. The summed E-state index contributed by atoms with van der Waals surface area (Å²) in [6.45, 7) is 2.26. The van der Waals surface area contributed by atoms with E-state index < -0.39 is 0 Å². The van der Waals surface area contributed by atoms with Gasteiger partial charge in [0.1, 0.15) is 0 Å². The molecule has 1 atom stereocenters. The molecule has 5 nitrogen and oxygen atoms in total. The highest BCUT2D eigenvalue weighted by Crippen LogP contribution is 2.24. The van der Waals surface area contributed by atoms with Gasteiger partial charge >= 0.3 is 6.03 Å². The Bertz CT molecular complexity index is 701. The third-order valence-electron chi connectivity index (χ3n) is 4.79. The average Bonchev–Trinajstić information content (AvgIpc) is 2.68. The lowest BCUT2D eigenvalue weighted by atomic mass is 9.97. The Hall–Kier alpha value is -2.11. The van der Waals surface area contributed by atoms with Gasteiger partial charge in [0.2, 0.25) is 0 Å². The third kappa shape index (κ3) is 4.74. The number of benzene rings is 1. The van der Waals surface area contributed by atoms with E-state index in [2.05, 4.69) is 10.3 Å². The smallest absolute Gasteiger partial charge is 0.318 e. The van der Waals surface area contributed by atoms with Gasteiger partial charge in [-0.2, -0.15) is 0 Å². The standard InChI is InChI=1S/C20H24ClN3O2/c1-26-14-15-8-11-24(12-9-15)20(25)23-19(17-3-2-10-22-13-17)16-4-6-18(21)7-5-16/h2-7,10,13,15,19H,8-9,11-12,14H2,1H3,(H,23,25)/t19-/m1/s1. The molecule has 0 bridgehead atoms. The number of pyridine rings is 1. The predicted octanol–water partition coefficient (Wildman–Crippen LogP) is 3.89. The molecule has 3 rings (SSSR count). The van der Waals surface area contributed by atoms with Crippen molar-refractivity contribution in [2.75, 3.05) is 26.8 Å². The summed E-state index contributed by atoms with van der Waals surface area (Å²) in [5.41, 5.74) is 1.92. The number of urea groups is 1. The van der Waals surface area contributed by atoms with Crippen molar-refractivity contribution in [1.82, 2.24) is 15.2 Å². The van der Waals surface area contributed by atoms with Crippen LogP contribution >= 0.6 is 11.6 Å². The van der Waals surface area contributed by atoms with Crippen molar-refractivity contribution in [3.8, 4) is 0 Å². The van der Waals surface area contributed by atoms with Crippen molar-refractivity contribution >= 4 is 17.6 Å². The van der Waals surface area contributed by atoms with Crippen molar-refractivity contribution < 1.29 is 9.53 Å². The molecule has 6 heteroatoms. The fraction of sp³-hybridized carbons (Fsp3) is 0.400.